The number of carbonyl (C=O) groups excluding carboxylic acids is 2. The lowest BCUT2D eigenvalue weighted by atomic mass is 10.1. The number of nitrogens with zero attached hydrogens (tertiary/aromatic N) is 2. The van der Waals surface area contributed by atoms with Crippen molar-refractivity contribution in [2.75, 3.05) is 30.8 Å². The number of halogens is 1. The third-order valence-corrected chi connectivity index (χ3v) is 7.15. The van der Waals surface area contributed by atoms with Crippen LogP contribution in [-0.2, 0) is 26.2 Å². The maximum absolute atomic E-state index is 13.7. The number of sulfonamides is 1. The maximum atomic E-state index is 13.7. The fourth-order valence-corrected chi connectivity index (χ4v) is 4.78. The van der Waals surface area contributed by atoms with E-state index in [2.05, 4.69) is 5.32 Å². The number of nitrogens with one attached hydrogen (secondary N) is 1. The molecule has 0 aromatic heterocycles. The van der Waals surface area contributed by atoms with Crippen molar-refractivity contribution < 1.29 is 22.7 Å². The van der Waals surface area contributed by atoms with E-state index in [-0.39, 0.29) is 12.5 Å². The molecule has 8 nitrogen and oxygen atoms in total. The van der Waals surface area contributed by atoms with Crippen molar-refractivity contribution in [1.29, 1.82) is 0 Å². The fourth-order valence-electron chi connectivity index (χ4n) is 3.71. The highest BCUT2D eigenvalue weighted by Crippen LogP contribution is 2.28. The van der Waals surface area contributed by atoms with Gasteiger partial charge in [0.25, 0.3) is 0 Å². The predicted molar refractivity (Wildman–Crippen MR) is 139 cm³/mol. The Morgan fingerprint density at radius 2 is 1.83 bits per heavy atom. The van der Waals surface area contributed by atoms with Crippen LogP contribution in [-0.4, -0.2) is 57.6 Å². The third-order valence-electron chi connectivity index (χ3n) is 5.61. The molecule has 0 radical (unpaired) electrons. The molecule has 1 atom stereocenters. The lowest BCUT2D eigenvalue weighted by Gasteiger charge is -2.33. The number of anilines is 1. The highest BCUT2D eigenvalue weighted by atomic mass is 35.5. The van der Waals surface area contributed by atoms with Gasteiger partial charge in [-0.15, -0.1) is 0 Å². The number of ether oxygens (including phenoxy) is 1. The first-order chi connectivity index (χ1) is 16.5. The number of rotatable bonds is 12. The molecule has 0 heterocycles. The van der Waals surface area contributed by atoms with Crippen LogP contribution in [0.1, 0.15) is 37.8 Å². The van der Waals surface area contributed by atoms with E-state index in [0.29, 0.717) is 35.0 Å². The lowest BCUT2D eigenvalue weighted by Crippen LogP contribution is -2.52. The van der Waals surface area contributed by atoms with Gasteiger partial charge in [-0.25, -0.2) is 8.42 Å². The van der Waals surface area contributed by atoms with Gasteiger partial charge in [0.05, 0.1) is 19.1 Å². The second-order valence-electron chi connectivity index (χ2n) is 8.24. The molecule has 2 aromatic rings. The molecule has 0 unspecified atom stereocenters. The molecule has 0 bridgehead atoms. The minimum Gasteiger partial charge on any atom is -0.497 e. The Morgan fingerprint density at radius 3 is 2.43 bits per heavy atom. The molecule has 0 aliphatic rings. The zero-order valence-corrected chi connectivity index (χ0v) is 22.4. The van der Waals surface area contributed by atoms with E-state index in [1.807, 2.05) is 19.9 Å². The van der Waals surface area contributed by atoms with Gasteiger partial charge in [0.1, 0.15) is 18.3 Å². The number of benzene rings is 2. The third kappa shape index (κ3) is 7.60. The summed E-state index contributed by atoms with van der Waals surface area (Å²) in [5.74, 6) is -0.169. The molecule has 10 heteroatoms. The number of amides is 2. The Balaban J connectivity index is 2.48. The van der Waals surface area contributed by atoms with Crippen molar-refractivity contribution in [2.24, 2.45) is 0 Å². The van der Waals surface area contributed by atoms with E-state index in [0.717, 1.165) is 22.5 Å². The van der Waals surface area contributed by atoms with Gasteiger partial charge in [0.15, 0.2) is 0 Å². The Morgan fingerprint density at radius 1 is 1.14 bits per heavy atom. The van der Waals surface area contributed by atoms with Gasteiger partial charge in [0, 0.05) is 18.1 Å². The summed E-state index contributed by atoms with van der Waals surface area (Å²) in [4.78, 5) is 28.1. The Bertz CT molecular complexity index is 1140. The summed E-state index contributed by atoms with van der Waals surface area (Å²) in [6.07, 6.45) is 2.15. The van der Waals surface area contributed by atoms with Gasteiger partial charge < -0.3 is 15.0 Å². The molecular formula is C25H34ClN3O5S. The van der Waals surface area contributed by atoms with Gasteiger partial charge in [-0.2, -0.15) is 0 Å². The second kappa shape index (κ2) is 12.8. The average Bonchev–Trinajstić information content (AvgIpc) is 2.82. The van der Waals surface area contributed by atoms with E-state index in [1.54, 1.807) is 50.4 Å². The van der Waals surface area contributed by atoms with E-state index < -0.39 is 28.5 Å². The summed E-state index contributed by atoms with van der Waals surface area (Å²) in [6, 6.07) is 11.3. The monoisotopic (exact) mass is 523 g/mol. The first-order valence-electron chi connectivity index (χ1n) is 11.5. The van der Waals surface area contributed by atoms with Crippen LogP contribution < -0.4 is 14.4 Å². The Kier molecular flexibility index (Phi) is 10.4. The predicted octanol–water partition coefficient (Wildman–Crippen LogP) is 3.76. The SMILES string of the molecule is CCCNC(=O)[C@@H](CC)N(Cc1cccc(OC)c1)C(=O)CN(c1cccc(Cl)c1C)S(C)(=O)=O. The zero-order valence-electron chi connectivity index (χ0n) is 20.9. The van der Waals surface area contributed by atoms with Crippen LogP contribution in [0.3, 0.4) is 0 Å². The van der Waals surface area contributed by atoms with Crippen molar-refractivity contribution in [2.45, 2.75) is 46.2 Å². The van der Waals surface area contributed by atoms with Gasteiger partial charge in [-0.1, -0.05) is 43.6 Å². The van der Waals surface area contributed by atoms with Gasteiger partial charge in [-0.05, 0) is 55.2 Å². The first-order valence-corrected chi connectivity index (χ1v) is 13.7. The summed E-state index contributed by atoms with van der Waals surface area (Å²) in [5.41, 5.74) is 1.61. The standard InChI is InChI=1S/C25H34ClN3O5S/c1-6-14-27-25(31)22(7-2)28(16-19-10-8-11-20(15-19)34-4)24(30)17-29(35(5,32)33)23-13-9-12-21(26)18(23)3/h8-13,15,22H,6-7,14,16-17H2,1-5H3,(H,27,31)/t22-/m1/s1. The summed E-state index contributed by atoms with van der Waals surface area (Å²) < 4.78 is 31.8. The quantitative estimate of drug-likeness (QED) is 0.457. The molecule has 0 aliphatic heterocycles. The average molecular weight is 524 g/mol. The molecule has 2 rings (SSSR count). The van der Waals surface area contributed by atoms with Crippen LogP contribution in [0.4, 0.5) is 5.69 Å². The molecule has 1 N–H and O–H groups in total. The summed E-state index contributed by atoms with van der Waals surface area (Å²) in [7, 11) is -2.28. The van der Waals surface area contributed by atoms with Crippen LogP contribution in [0.2, 0.25) is 5.02 Å². The molecular weight excluding hydrogens is 490 g/mol. The van der Waals surface area contributed by atoms with E-state index in [9.17, 15) is 18.0 Å². The molecule has 0 saturated heterocycles. The van der Waals surface area contributed by atoms with Gasteiger partial charge in [0.2, 0.25) is 21.8 Å². The van der Waals surface area contributed by atoms with E-state index >= 15 is 0 Å². The van der Waals surface area contributed by atoms with E-state index in [1.165, 1.54) is 4.90 Å². The minimum absolute atomic E-state index is 0.111. The van der Waals surface area contributed by atoms with Crippen molar-refractivity contribution in [3.8, 4) is 5.75 Å². The zero-order chi connectivity index (χ0) is 26.2. The number of carbonyl (C=O) groups is 2. The molecule has 2 amide bonds. The maximum Gasteiger partial charge on any atom is 0.244 e. The molecule has 0 aliphatic carbocycles. The number of hydrogen-bond acceptors (Lipinski definition) is 5. The van der Waals surface area contributed by atoms with Crippen molar-refractivity contribution in [3.63, 3.8) is 0 Å². The highest BCUT2D eigenvalue weighted by molar-refractivity contribution is 7.92. The van der Waals surface area contributed by atoms with Gasteiger partial charge >= 0.3 is 0 Å². The van der Waals surface area contributed by atoms with Crippen molar-refractivity contribution >= 4 is 39.1 Å². The van der Waals surface area contributed by atoms with Crippen molar-refractivity contribution in [1.82, 2.24) is 10.2 Å². The van der Waals surface area contributed by atoms with Crippen LogP contribution >= 0.6 is 11.6 Å². The second-order valence-corrected chi connectivity index (χ2v) is 10.6. The topological polar surface area (TPSA) is 96.0 Å². The number of hydrogen-bond donors (Lipinski definition) is 1. The Hall–Kier alpha value is -2.78. The normalized spacial score (nSPS) is 12.1. The summed E-state index contributed by atoms with van der Waals surface area (Å²) >= 11 is 6.22. The van der Waals surface area contributed by atoms with Crippen LogP contribution in [0.5, 0.6) is 5.75 Å². The highest BCUT2D eigenvalue weighted by Gasteiger charge is 2.32. The summed E-state index contributed by atoms with van der Waals surface area (Å²) in [6.45, 7) is 5.58. The van der Waals surface area contributed by atoms with Gasteiger partial charge in [-0.3, -0.25) is 13.9 Å². The molecule has 0 spiro atoms. The first kappa shape index (κ1) is 28.5. The van der Waals surface area contributed by atoms with E-state index in [4.69, 9.17) is 16.3 Å². The molecule has 0 saturated carbocycles. The molecule has 35 heavy (non-hydrogen) atoms. The minimum atomic E-state index is -3.83. The van der Waals surface area contributed by atoms with Crippen LogP contribution in [0.25, 0.3) is 0 Å². The lowest BCUT2D eigenvalue weighted by molar-refractivity contribution is -0.140. The molecule has 192 valence electrons. The van der Waals surface area contributed by atoms with Crippen LogP contribution in [0.15, 0.2) is 42.5 Å². The van der Waals surface area contributed by atoms with Crippen molar-refractivity contribution in [3.05, 3.63) is 58.6 Å². The smallest absolute Gasteiger partial charge is 0.244 e. The molecule has 0 fully saturated rings. The van der Waals surface area contributed by atoms with Crippen LogP contribution in [0, 0.1) is 6.92 Å². The fraction of sp³-hybridized carbons (Fsp3) is 0.440. The molecule has 2 aromatic carbocycles. The Labute approximate surface area is 213 Å². The number of methoxy groups -OCH3 is 1. The largest absolute Gasteiger partial charge is 0.497 e. The summed E-state index contributed by atoms with van der Waals surface area (Å²) in [5, 5.41) is 3.24.